The molecule has 5 heteroatoms. The summed E-state index contributed by atoms with van der Waals surface area (Å²) >= 11 is 0. The Labute approximate surface area is 112 Å². The number of nitrogens with zero attached hydrogens (tertiary/aromatic N) is 1. The van der Waals surface area contributed by atoms with Crippen LogP contribution in [-0.4, -0.2) is 37.3 Å². The van der Waals surface area contributed by atoms with Crippen LogP contribution in [0.5, 0.6) is 0 Å². The lowest BCUT2D eigenvalue weighted by Crippen LogP contribution is -2.29. The van der Waals surface area contributed by atoms with E-state index in [1.165, 1.54) is 12.8 Å². The molecular formula is C14H18N2O3. The zero-order valence-electron chi connectivity index (χ0n) is 10.9. The van der Waals surface area contributed by atoms with E-state index in [1.54, 1.807) is 7.11 Å². The van der Waals surface area contributed by atoms with Gasteiger partial charge in [0.1, 0.15) is 0 Å². The Kier molecular flexibility index (Phi) is 3.16. The summed E-state index contributed by atoms with van der Waals surface area (Å²) in [5.74, 6) is -0.345. The quantitative estimate of drug-likeness (QED) is 0.839. The van der Waals surface area contributed by atoms with Gasteiger partial charge in [0.2, 0.25) is 0 Å². The second-order valence-corrected chi connectivity index (χ2v) is 5.08. The minimum Gasteiger partial charge on any atom is -0.383 e. The number of hydrogen-bond donors (Lipinski definition) is 2. The molecule has 0 spiro atoms. The van der Waals surface area contributed by atoms with Gasteiger partial charge in [-0.3, -0.25) is 4.79 Å². The molecule has 0 bridgehead atoms. The van der Waals surface area contributed by atoms with Crippen molar-refractivity contribution in [3.05, 3.63) is 23.8 Å². The molecule has 1 saturated carbocycles. The lowest BCUT2D eigenvalue weighted by atomic mass is 10.1. The summed E-state index contributed by atoms with van der Waals surface area (Å²) in [7, 11) is 1.70. The standard InChI is InChI=1S/C14H18N2O3/c1-19-7-6-16(9-2-3-9)10-4-5-11-12(8-10)15-14(18)13(11)17/h4-5,8-9,13,17H,2-3,6-7H2,1H3,(H,15,18). The van der Waals surface area contributed by atoms with E-state index in [0.29, 0.717) is 18.2 Å². The summed E-state index contributed by atoms with van der Waals surface area (Å²) in [4.78, 5) is 13.7. The summed E-state index contributed by atoms with van der Waals surface area (Å²) in [6.45, 7) is 1.53. The Morgan fingerprint density at radius 1 is 1.47 bits per heavy atom. The molecule has 102 valence electrons. The highest BCUT2D eigenvalue weighted by Gasteiger charge is 2.32. The van der Waals surface area contributed by atoms with Crippen molar-refractivity contribution in [3.63, 3.8) is 0 Å². The number of hydrogen-bond acceptors (Lipinski definition) is 4. The maximum absolute atomic E-state index is 11.4. The zero-order chi connectivity index (χ0) is 13.4. The number of ether oxygens (including phenoxy) is 1. The highest BCUT2D eigenvalue weighted by molar-refractivity contribution is 6.02. The van der Waals surface area contributed by atoms with E-state index >= 15 is 0 Å². The first-order valence-corrected chi connectivity index (χ1v) is 6.59. The molecule has 0 aromatic heterocycles. The van der Waals surface area contributed by atoms with Crippen molar-refractivity contribution in [2.45, 2.75) is 25.0 Å². The first kappa shape index (κ1) is 12.4. The van der Waals surface area contributed by atoms with E-state index in [4.69, 9.17) is 4.74 Å². The Bertz CT molecular complexity index is 499. The van der Waals surface area contributed by atoms with Gasteiger partial charge < -0.3 is 20.1 Å². The second kappa shape index (κ2) is 4.83. The predicted octanol–water partition coefficient (Wildman–Crippen LogP) is 1.29. The minimum absolute atomic E-state index is 0.345. The molecule has 1 fully saturated rings. The minimum atomic E-state index is -1.03. The summed E-state index contributed by atoms with van der Waals surface area (Å²) in [5, 5.41) is 12.4. The van der Waals surface area contributed by atoms with E-state index in [0.717, 1.165) is 17.9 Å². The number of amides is 1. The molecule has 2 aliphatic rings. The van der Waals surface area contributed by atoms with Crippen LogP contribution in [0.15, 0.2) is 18.2 Å². The number of fused-ring (bicyclic) bond motifs is 1. The molecule has 0 saturated heterocycles. The topological polar surface area (TPSA) is 61.8 Å². The first-order valence-electron chi connectivity index (χ1n) is 6.59. The van der Waals surface area contributed by atoms with Gasteiger partial charge in [-0.25, -0.2) is 0 Å². The van der Waals surface area contributed by atoms with Crippen LogP contribution in [-0.2, 0) is 9.53 Å². The van der Waals surface area contributed by atoms with Gasteiger partial charge in [0.15, 0.2) is 6.10 Å². The number of rotatable bonds is 5. The van der Waals surface area contributed by atoms with Gasteiger partial charge in [-0.15, -0.1) is 0 Å². The van der Waals surface area contributed by atoms with Crippen LogP contribution in [0.4, 0.5) is 11.4 Å². The molecule has 3 rings (SSSR count). The molecule has 5 nitrogen and oxygen atoms in total. The highest BCUT2D eigenvalue weighted by atomic mass is 16.5. The van der Waals surface area contributed by atoms with Gasteiger partial charge in [-0.2, -0.15) is 0 Å². The average Bonchev–Trinajstić information content (AvgIpc) is 3.19. The van der Waals surface area contributed by atoms with Crippen LogP contribution in [0, 0.1) is 0 Å². The summed E-state index contributed by atoms with van der Waals surface area (Å²) < 4.78 is 5.15. The molecule has 1 aromatic rings. The summed E-state index contributed by atoms with van der Waals surface area (Å²) in [5.41, 5.74) is 2.46. The molecule has 1 atom stereocenters. The van der Waals surface area contributed by atoms with Crippen molar-refractivity contribution in [3.8, 4) is 0 Å². The van der Waals surface area contributed by atoms with Crippen molar-refractivity contribution in [1.82, 2.24) is 0 Å². The van der Waals surface area contributed by atoms with Gasteiger partial charge >= 0.3 is 0 Å². The van der Waals surface area contributed by atoms with Crippen LogP contribution in [0.3, 0.4) is 0 Å². The molecule has 1 heterocycles. The fraction of sp³-hybridized carbons (Fsp3) is 0.500. The molecule has 1 aromatic carbocycles. The van der Waals surface area contributed by atoms with Crippen molar-refractivity contribution in [2.75, 3.05) is 30.5 Å². The third kappa shape index (κ3) is 2.31. The van der Waals surface area contributed by atoms with Gasteiger partial charge in [0.25, 0.3) is 5.91 Å². The van der Waals surface area contributed by atoms with E-state index < -0.39 is 6.10 Å². The number of methoxy groups -OCH3 is 1. The maximum atomic E-state index is 11.4. The molecule has 1 aliphatic heterocycles. The van der Waals surface area contributed by atoms with E-state index in [1.807, 2.05) is 18.2 Å². The third-order valence-electron chi connectivity index (χ3n) is 3.69. The van der Waals surface area contributed by atoms with Crippen LogP contribution < -0.4 is 10.2 Å². The molecule has 19 heavy (non-hydrogen) atoms. The van der Waals surface area contributed by atoms with Crippen molar-refractivity contribution in [2.24, 2.45) is 0 Å². The Hall–Kier alpha value is -1.59. The normalized spacial score (nSPS) is 21.2. The lowest BCUT2D eigenvalue weighted by molar-refractivity contribution is -0.123. The predicted molar refractivity (Wildman–Crippen MR) is 72.3 cm³/mol. The van der Waals surface area contributed by atoms with Crippen molar-refractivity contribution in [1.29, 1.82) is 0 Å². The number of aliphatic hydroxyl groups is 1. The zero-order valence-corrected chi connectivity index (χ0v) is 10.9. The smallest absolute Gasteiger partial charge is 0.257 e. The van der Waals surface area contributed by atoms with Gasteiger partial charge in [-0.1, -0.05) is 6.07 Å². The van der Waals surface area contributed by atoms with E-state index in [-0.39, 0.29) is 5.91 Å². The number of aliphatic hydroxyl groups excluding tert-OH is 1. The lowest BCUT2D eigenvalue weighted by Gasteiger charge is -2.25. The molecule has 0 radical (unpaired) electrons. The number of benzene rings is 1. The molecule has 1 amide bonds. The number of anilines is 2. The number of carbonyl (C=O) groups excluding carboxylic acids is 1. The maximum Gasteiger partial charge on any atom is 0.257 e. The number of carbonyl (C=O) groups is 1. The van der Waals surface area contributed by atoms with Crippen molar-refractivity contribution < 1.29 is 14.6 Å². The fourth-order valence-electron chi connectivity index (χ4n) is 2.51. The van der Waals surface area contributed by atoms with Gasteiger partial charge in [0, 0.05) is 36.6 Å². The van der Waals surface area contributed by atoms with Gasteiger partial charge in [-0.05, 0) is 25.0 Å². The van der Waals surface area contributed by atoms with Crippen LogP contribution in [0.1, 0.15) is 24.5 Å². The molecule has 1 aliphatic carbocycles. The summed E-state index contributed by atoms with van der Waals surface area (Å²) in [6.07, 6.45) is 1.38. The monoisotopic (exact) mass is 262 g/mol. The first-order chi connectivity index (χ1) is 9.20. The van der Waals surface area contributed by atoms with Crippen molar-refractivity contribution >= 4 is 17.3 Å². The second-order valence-electron chi connectivity index (χ2n) is 5.08. The van der Waals surface area contributed by atoms with Gasteiger partial charge in [0.05, 0.1) is 6.61 Å². The molecule has 2 N–H and O–H groups in total. The number of nitrogens with one attached hydrogen (secondary N) is 1. The average molecular weight is 262 g/mol. The Morgan fingerprint density at radius 3 is 2.95 bits per heavy atom. The Balaban J connectivity index is 1.85. The van der Waals surface area contributed by atoms with E-state index in [9.17, 15) is 9.90 Å². The molecular weight excluding hydrogens is 244 g/mol. The van der Waals surface area contributed by atoms with Crippen LogP contribution in [0.2, 0.25) is 0 Å². The highest BCUT2D eigenvalue weighted by Crippen LogP contribution is 2.37. The molecule has 1 unspecified atom stereocenters. The summed E-state index contributed by atoms with van der Waals surface area (Å²) in [6, 6.07) is 6.32. The largest absolute Gasteiger partial charge is 0.383 e. The fourth-order valence-corrected chi connectivity index (χ4v) is 2.51. The third-order valence-corrected chi connectivity index (χ3v) is 3.69. The SMILES string of the molecule is COCCN(c1ccc2c(c1)NC(=O)C2O)C1CC1. The Morgan fingerprint density at radius 2 is 2.26 bits per heavy atom. The van der Waals surface area contributed by atoms with E-state index in [2.05, 4.69) is 10.2 Å². The van der Waals surface area contributed by atoms with Crippen LogP contribution in [0.25, 0.3) is 0 Å². The van der Waals surface area contributed by atoms with Crippen LogP contribution >= 0.6 is 0 Å².